The van der Waals surface area contributed by atoms with Crippen LogP contribution in [0.5, 0.6) is 0 Å². The van der Waals surface area contributed by atoms with Gasteiger partial charge in [0.2, 0.25) is 5.91 Å². The van der Waals surface area contributed by atoms with Gasteiger partial charge in [0.15, 0.2) is 0 Å². The van der Waals surface area contributed by atoms with Crippen molar-refractivity contribution in [3.05, 3.63) is 42.0 Å². The smallest absolute Gasteiger partial charge is 0.222 e. The van der Waals surface area contributed by atoms with Crippen LogP contribution in [0.3, 0.4) is 0 Å². The maximum absolute atomic E-state index is 11.2. The van der Waals surface area contributed by atoms with Crippen molar-refractivity contribution in [2.45, 2.75) is 19.9 Å². The topological polar surface area (TPSA) is 77.3 Å². The Labute approximate surface area is 119 Å². The summed E-state index contributed by atoms with van der Waals surface area (Å²) in [5.41, 5.74) is 2.54. The van der Waals surface area contributed by atoms with Gasteiger partial charge in [0.1, 0.15) is 11.9 Å². The van der Waals surface area contributed by atoms with Crippen LogP contribution in [0.2, 0.25) is 0 Å². The molecule has 1 atom stereocenters. The normalized spacial score (nSPS) is 12.4. The summed E-state index contributed by atoms with van der Waals surface area (Å²) >= 11 is 0. The molecule has 20 heavy (non-hydrogen) atoms. The molecule has 0 spiro atoms. The Morgan fingerprint density at radius 2 is 1.95 bits per heavy atom. The van der Waals surface area contributed by atoms with Gasteiger partial charge in [-0.05, 0) is 24.6 Å². The molecule has 0 aliphatic heterocycles. The van der Waals surface area contributed by atoms with Crippen LogP contribution in [0.4, 0.5) is 5.69 Å². The van der Waals surface area contributed by atoms with Crippen molar-refractivity contribution >= 4 is 23.6 Å². The minimum atomic E-state index is -0.269. The fourth-order valence-electron chi connectivity index (χ4n) is 1.70. The van der Waals surface area contributed by atoms with Crippen molar-refractivity contribution in [2.75, 3.05) is 12.4 Å². The minimum absolute atomic E-state index is 0.169. The molecule has 0 heterocycles. The number of carbonyl (C=O) groups excluding carboxylic acids is 1. The Balaban J connectivity index is 2.93. The molecule has 1 aromatic carbocycles. The van der Waals surface area contributed by atoms with Crippen molar-refractivity contribution < 1.29 is 4.79 Å². The first-order valence-electron chi connectivity index (χ1n) is 6.24. The van der Waals surface area contributed by atoms with E-state index >= 15 is 0 Å². The second kappa shape index (κ2) is 7.23. The summed E-state index contributed by atoms with van der Waals surface area (Å²) in [5, 5.41) is 13.1. The van der Waals surface area contributed by atoms with E-state index in [1.807, 2.05) is 31.2 Å². The number of amides is 1. The summed E-state index contributed by atoms with van der Waals surface area (Å²) in [6.07, 6.45) is 1.29. The number of aliphatic imine (C=N–C) groups is 1. The molecular formula is C15H20N4O. The van der Waals surface area contributed by atoms with Gasteiger partial charge in [-0.1, -0.05) is 24.3 Å². The Morgan fingerprint density at radius 1 is 1.35 bits per heavy atom. The molecule has 1 unspecified atom stereocenters. The van der Waals surface area contributed by atoms with Crippen LogP contribution >= 0.6 is 0 Å². The van der Waals surface area contributed by atoms with Crippen molar-refractivity contribution in [3.8, 4) is 0 Å². The highest BCUT2D eigenvalue weighted by molar-refractivity contribution is 6.02. The number of nitrogens with one attached hydrogen (secondary N) is 3. The van der Waals surface area contributed by atoms with Crippen LogP contribution in [0.1, 0.15) is 19.4 Å². The number of benzene rings is 1. The van der Waals surface area contributed by atoms with Crippen LogP contribution < -0.4 is 10.6 Å². The monoisotopic (exact) mass is 272 g/mol. The van der Waals surface area contributed by atoms with E-state index in [2.05, 4.69) is 22.2 Å². The van der Waals surface area contributed by atoms with Crippen LogP contribution in [-0.4, -0.2) is 31.0 Å². The molecule has 0 saturated heterocycles. The van der Waals surface area contributed by atoms with Crippen molar-refractivity contribution in [2.24, 2.45) is 4.99 Å². The highest BCUT2D eigenvalue weighted by atomic mass is 16.1. The van der Waals surface area contributed by atoms with Gasteiger partial charge < -0.3 is 16.0 Å². The lowest BCUT2D eigenvalue weighted by Gasteiger charge is -2.22. The number of carbonyl (C=O) groups is 1. The minimum Gasteiger partial charge on any atom is -0.372 e. The predicted molar refractivity (Wildman–Crippen MR) is 83.7 cm³/mol. The molecule has 5 nitrogen and oxygen atoms in total. The molecule has 106 valence electrons. The summed E-state index contributed by atoms with van der Waals surface area (Å²) in [6.45, 7) is 7.25. The molecule has 3 N–H and O–H groups in total. The lowest BCUT2D eigenvalue weighted by molar-refractivity contribution is -0.117. The van der Waals surface area contributed by atoms with Crippen molar-refractivity contribution in [1.82, 2.24) is 5.32 Å². The molecule has 0 fully saturated rings. The molecule has 1 amide bonds. The summed E-state index contributed by atoms with van der Waals surface area (Å²) in [6, 6.07) is 7.15. The summed E-state index contributed by atoms with van der Waals surface area (Å²) in [4.78, 5) is 15.3. The first-order chi connectivity index (χ1) is 9.47. The van der Waals surface area contributed by atoms with E-state index in [0.717, 1.165) is 16.8 Å². The molecule has 0 aliphatic rings. The zero-order valence-corrected chi connectivity index (χ0v) is 12.0. The van der Waals surface area contributed by atoms with Gasteiger partial charge in [-0.2, -0.15) is 0 Å². The lowest BCUT2D eigenvalue weighted by atomic mass is 10.1. The molecule has 0 saturated carbocycles. The second-order valence-corrected chi connectivity index (χ2v) is 4.48. The van der Waals surface area contributed by atoms with Gasteiger partial charge in [-0.3, -0.25) is 9.79 Å². The molecule has 5 heteroatoms. The third-order valence-electron chi connectivity index (χ3n) is 2.70. The zero-order valence-electron chi connectivity index (χ0n) is 12.0. The number of hydrogen-bond acceptors (Lipinski definition) is 4. The molecule has 1 aromatic rings. The first kappa shape index (κ1) is 15.6. The summed E-state index contributed by atoms with van der Waals surface area (Å²) in [7, 11) is 1.63. The average molecular weight is 272 g/mol. The Bertz CT molecular complexity index is 531. The fourth-order valence-corrected chi connectivity index (χ4v) is 1.70. The van der Waals surface area contributed by atoms with Crippen LogP contribution in [0, 0.1) is 5.41 Å². The van der Waals surface area contributed by atoms with E-state index in [1.54, 1.807) is 7.05 Å². The third-order valence-corrected chi connectivity index (χ3v) is 2.70. The van der Waals surface area contributed by atoms with Gasteiger partial charge in [0, 0.05) is 25.9 Å². The number of hydrogen-bond donors (Lipinski definition) is 3. The van der Waals surface area contributed by atoms with Gasteiger partial charge in [0.25, 0.3) is 0 Å². The maximum atomic E-state index is 11.2. The highest BCUT2D eigenvalue weighted by Gasteiger charge is 2.17. The lowest BCUT2D eigenvalue weighted by Crippen LogP contribution is -2.42. The summed E-state index contributed by atoms with van der Waals surface area (Å²) < 4.78 is 0. The molecule has 0 aliphatic carbocycles. The van der Waals surface area contributed by atoms with E-state index in [-0.39, 0.29) is 11.9 Å². The number of amidine groups is 1. The Morgan fingerprint density at radius 3 is 2.35 bits per heavy atom. The standard InChI is InChI=1S/C15H20N4O/c1-10(2)14(15(17-4)18-11(3)20)19-13-7-5-12(9-16)6-8-13/h5-9,14,16,19H,1H2,2-4H3,(H,17,18,20). The number of anilines is 1. The Kier molecular flexibility index (Phi) is 5.65. The third kappa shape index (κ3) is 4.35. The van der Waals surface area contributed by atoms with E-state index in [0.29, 0.717) is 5.84 Å². The average Bonchev–Trinajstić information content (AvgIpc) is 2.42. The zero-order chi connectivity index (χ0) is 15.1. The second-order valence-electron chi connectivity index (χ2n) is 4.48. The molecule has 1 rings (SSSR count). The van der Waals surface area contributed by atoms with Gasteiger partial charge in [0.05, 0.1) is 0 Å². The van der Waals surface area contributed by atoms with E-state index in [1.165, 1.54) is 13.1 Å². The van der Waals surface area contributed by atoms with E-state index in [4.69, 9.17) is 5.41 Å². The van der Waals surface area contributed by atoms with Gasteiger partial charge in [-0.15, -0.1) is 0 Å². The van der Waals surface area contributed by atoms with E-state index < -0.39 is 0 Å². The predicted octanol–water partition coefficient (Wildman–Crippen LogP) is 2.21. The Hall–Kier alpha value is -2.43. The first-order valence-corrected chi connectivity index (χ1v) is 6.24. The SMILES string of the molecule is C=C(C)C(Nc1ccc(C=N)cc1)C(=NC)NC(C)=O. The largest absolute Gasteiger partial charge is 0.372 e. The van der Waals surface area contributed by atoms with E-state index in [9.17, 15) is 4.79 Å². The van der Waals surface area contributed by atoms with Crippen LogP contribution in [-0.2, 0) is 4.79 Å². The van der Waals surface area contributed by atoms with Gasteiger partial charge >= 0.3 is 0 Å². The van der Waals surface area contributed by atoms with Gasteiger partial charge in [-0.25, -0.2) is 0 Å². The molecule has 0 bridgehead atoms. The molecular weight excluding hydrogens is 252 g/mol. The molecule has 0 aromatic heterocycles. The summed E-state index contributed by atoms with van der Waals surface area (Å²) in [5.74, 6) is 0.360. The number of nitrogens with zero attached hydrogens (tertiary/aromatic N) is 1. The fraction of sp³-hybridized carbons (Fsp3) is 0.267. The van der Waals surface area contributed by atoms with Crippen molar-refractivity contribution in [3.63, 3.8) is 0 Å². The van der Waals surface area contributed by atoms with Crippen LogP contribution in [0.15, 0.2) is 41.4 Å². The molecule has 0 radical (unpaired) electrons. The van der Waals surface area contributed by atoms with Crippen molar-refractivity contribution in [1.29, 1.82) is 5.41 Å². The highest BCUT2D eigenvalue weighted by Crippen LogP contribution is 2.13. The number of rotatable bonds is 5. The quantitative estimate of drug-likeness (QED) is 0.436. The van der Waals surface area contributed by atoms with Crippen LogP contribution in [0.25, 0.3) is 0 Å². The maximum Gasteiger partial charge on any atom is 0.222 e.